The van der Waals surface area contributed by atoms with Gasteiger partial charge in [0.2, 0.25) is 0 Å². The third-order valence-electron chi connectivity index (χ3n) is 1.39. The molecule has 1 heterocycles. The highest BCUT2D eigenvalue weighted by molar-refractivity contribution is 7.17. The van der Waals surface area contributed by atoms with Gasteiger partial charge in [0.25, 0.3) is 0 Å². The lowest BCUT2D eigenvalue weighted by atomic mass is 10.2. The number of rotatable bonds is 1. The average Bonchev–Trinajstić information content (AvgIpc) is 2.41. The first-order valence-corrected chi connectivity index (χ1v) is 3.96. The van der Waals surface area contributed by atoms with Crippen LogP contribution in [0.4, 0.5) is 10.7 Å². The zero-order valence-corrected chi connectivity index (χ0v) is 7.20. The summed E-state index contributed by atoms with van der Waals surface area (Å²) in [5.41, 5.74) is 6.16. The van der Waals surface area contributed by atoms with Crippen LogP contribution in [0, 0.1) is 22.7 Å². The fraction of sp³-hybridized carbons (Fsp3) is 0.143. The van der Waals surface area contributed by atoms with Crippen LogP contribution in [0.2, 0.25) is 0 Å². The van der Waals surface area contributed by atoms with Crippen LogP contribution in [-0.4, -0.2) is 7.05 Å². The smallest absolute Gasteiger partial charge is 0.131 e. The van der Waals surface area contributed by atoms with Gasteiger partial charge in [-0.05, 0) is 0 Å². The molecule has 0 unspecified atom stereocenters. The molecule has 0 saturated heterocycles. The van der Waals surface area contributed by atoms with Crippen molar-refractivity contribution in [3.63, 3.8) is 0 Å². The van der Waals surface area contributed by atoms with E-state index < -0.39 is 0 Å². The summed E-state index contributed by atoms with van der Waals surface area (Å²) in [6.07, 6.45) is 0. The Balaban J connectivity index is 3.37. The van der Waals surface area contributed by atoms with E-state index in [1.54, 1.807) is 7.05 Å². The monoisotopic (exact) mass is 178 g/mol. The Labute approximate surface area is 73.8 Å². The lowest BCUT2D eigenvalue weighted by Gasteiger charge is -1.92. The SMILES string of the molecule is CNc1sc(C#N)c(N)c1C#N. The summed E-state index contributed by atoms with van der Waals surface area (Å²) in [5, 5.41) is 20.7. The molecular formula is C7H6N4S. The molecular weight excluding hydrogens is 172 g/mol. The lowest BCUT2D eigenvalue weighted by Crippen LogP contribution is -1.91. The first-order valence-electron chi connectivity index (χ1n) is 3.14. The van der Waals surface area contributed by atoms with E-state index >= 15 is 0 Å². The molecule has 3 N–H and O–H groups in total. The molecule has 1 aromatic heterocycles. The van der Waals surface area contributed by atoms with Crippen LogP contribution in [0.25, 0.3) is 0 Å². The zero-order chi connectivity index (χ0) is 9.14. The van der Waals surface area contributed by atoms with Gasteiger partial charge in [-0.3, -0.25) is 0 Å². The topological polar surface area (TPSA) is 85.6 Å². The third-order valence-corrected chi connectivity index (χ3v) is 2.51. The minimum Gasteiger partial charge on any atom is -0.396 e. The first-order chi connectivity index (χ1) is 5.74. The molecule has 1 aromatic rings. The molecule has 0 bridgehead atoms. The number of nitrogen functional groups attached to an aromatic ring is 1. The van der Waals surface area contributed by atoms with Crippen molar-refractivity contribution in [2.75, 3.05) is 18.1 Å². The molecule has 0 aromatic carbocycles. The fourth-order valence-electron chi connectivity index (χ4n) is 0.814. The second-order valence-corrected chi connectivity index (χ2v) is 3.04. The Morgan fingerprint density at radius 2 is 2.08 bits per heavy atom. The van der Waals surface area contributed by atoms with E-state index in [1.807, 2.05) is 12.1 Å². The Hall–Kier alpha value is -1.72. The van der Waals surface area contributed by atoms with Crippen molar-refractivity contribution in [3.05, 3.63) is 10.4 Å². The Morgan fingerprint density at radius 1 is 1.42 bits per heavy atom. The highest BCUT2D eigenvalue weighted by atomic mass is 32.1. The summed E-state index contributed by atoms with van der Waals surface area (Å²) in [4.78, 5) is 0.385. The molecule has 0 saturated carbocycles. The zero-order valence-electron chi connectivity index (χ0n) is 6.38. The quantitative estimate of drug-likeness (QED) is 0.674. The molecule has 0 aliphatic carbocycles. The van der Waals surface area contributed by atoms with Gasteiger partial charge in [-0.1, -0.05) is 0 Å². The van der Waals surface area contributed by atoms with E-state index in [-0.39, 0.29) is 5.69 Å². The minimum absolute atomic E-state index is 0.273. The van der Waals surface area contributed by atoms with Crippen molar-refractivity contribution in [2.24, 2.45) is 0 Å². The number of nitrogens with one attached hydrogen (secondary N) is 1. The van der Waals surface area contributed by atoms with Crippen LogP contribution in [-0.2, 0) is 0 Å². The van der Waals surface area contributed by atoms with Crippen molar-refractivity contribution in [2.45, 2.75) is 0 Å². The van der Waals surface area contributed by atoms with Crippen LogP contribution in [0.3, 0.4) is 0 Å². The van der Waals surface area contributed by atoms with Crippen molar-refractivity contribution in [1.82, 2.24) is 0 Å². The van der Waals surface area contributed by atoms with Crippen LogP contribution in [0.1, 0.15) is 10.4 Å². The van der Waals surface area contributed by atoms with Crippen LogP contribution in [0.5, 0.6) is 0 Å². The second-order valence-electron chi connectivity index (χ2n) is 2.02. The van der Waals surface area contributed by atoms with E-state index in [0.29, 0.717) is 15.4 Å². The molecule has 1 rings (SSSR count). The van der Waals surface area contributed by atoms with E-state index in [2.05, 4.69) is 5.32 Å². The first kappa shape index (κ1) is 8.38. The lowest BCUT2D eigenvalue weighted by molar-refractivity contribution is 1.48. The highest BCUT2D eigenvalue weighted by Crippen LogP contribution is 2.33. The van der Waals surface area contributed by atoms with Crippen LogP contribution in [0.15, 0.2) is 0 Å². The summed E-state index contributed by atoms with van der Waals surface area (Å²) in [6.45, 7) is 0. The predicted molar refractivity (Wildman–Crippen MR) is 47.7 cm³/mol. The normalized spacial score (nSPS) is 8.58. The van der Waals surface area contributed by atoms with E-state index in [4.69, 9.17) is 16.3 Å². The van der Waals surface area contributed by atoms with Gasteiger partial charge in [-0.15, -0.1) is 11.3 Å². The van der Waals surface area contributed by atoms with Gasteiger partial charge in [-0.25, -0.2) is 0 Å². The second kappa shape index (κ2) is 3.12. The molecule has 0 radical (unpaired) electrons. The van der Waals surface area contributed by atoms with Crippen molar-refractivity contribution < 1.29 is 0 Å². The molecule has 0 spiro atoms. The van der Waals surface area contributed by atoms with Gasteiger partial charge >= 0.3 is 0 Å². The molecule has 0 fully saturated rings. The molecule has 0 aliphatic heterocycles. The van der Waals surface area contributed by atoms with E-state index in [9.17, 15) is 0 Å². The molecule has 12 heavy (non-hydrogen) atoms. The Kier molecular flexibility index (Phi) is 2.18. The fourth-order valence-corrected chi connectivity index (χ4v) is 1.64. The van der Waals surface area contributed by atoms with Gasteiger partial charge in [0.15, 0.2) is 0 Å². The summed E-state index contributed by atoms with van der Waals surface area (Å²) >= 11 is 1.19. The maximum Gasteiger partial charge on any atom is 0.131 e. The number of nitrogens with two attached hydrogens (primary N) is 1. The maximum atomic E-state index is 8.67. The number of hydrogen-bond acceptors (Lipinski definition) is 5. The number of thiophene rings is 1. The standard InChI is InChI=1S/C7H6N4S/c1-11-7-4(2-8)6(10)5(3-9)12-7/h11H,10H2,1H3. The predicted octanol–water partition coefficient (Wildman–Crippen LogP) is 1.12. The van der Waals surface area contributed by atoms with Gasteiger partial charge in [-0.2, -0.15) is 10.5 Å². The summed E-state index contributed by atoms with van der Waals surface area (Å²) < 4.78 is 0. The van der Waals surface area contributed by atoms with E-state index in [0.717, 1.165) is 0 Å². The minimum atomic E-state index is 0.273. The largest absolute Gasteiger partial charge is 0.396 e. The number of nitriles is 2. The summed E-state index contributed by atoms with van der Waals surface area (Å²) in [7, 11) is 1.69. The molecule has 4 nitrogen and oxygen atoms in total. The number of anilines is 2. The third kappa shape index (κ3) is 1.07. The summed E-state index contributed by atoms with van der Waals surface area (Å²) in [5.74, 6) is 0. The van der Waals surface area contributed by atoms with Crippen molar-refractivity contribution in [3.8, 4) is 12.1 Å². The number of nitrogens with zero attached hydrogens (tertiary/aromatic N) is 2. The van der Waals surface area contributed by atoms with Gasteiger partial charge in [0.05, 0.1) is 5.69 Å². The Morgan fingerprint density at radius 3 is 2.42 bits per heavy atom. The van der Waals surface area contributed by atoms with Gasteiger partial charge < -0.3 is 11.1 Å². The maximum absolute atomic E-state index is 8.67. The highest BCUT2D eigenvalue weighted by Gasteiger charge is 2.13. The average molecular weight is 178 g/mol. The molecule has 0 amide bonds. The van der Waals surface area contributed by atoms with Crippen LogP contribution < -0.4 is 11.1 Å². The van der Waals surface area contributed by atoms with Gasteiger partial charge in [0, 0.05) is 7.05 Å². The van der Waals surface area contributed by atoms with Crippen LogP contribution >= 0.6 is 11.3 Å². The molecule has 60 valence electrons. The molecule has 0 atom stereocenters. The summed E-state index contributed by atoms with van der Waals surface area (Å²) in [6, 6.07) is 3.87. The molecule has 5 heteroatoms. The Bertz CT molecular complexity index is 379. The molecule has 0 aliphatic rings. The van der Waals surface area contributed by atoms with E-state index in [1.165, 1.54) is 11.3 Å². The van der Waals surface area contributed by atoms with Gasteiger partial charge in [0.1, 0.15) is 27.6 Å². The van der Waals surface area contributed by atoms with Crippen molar-refractivity contribution in [1.29, 1.82) is 10.5 Å². The van der Waals surface area contributed by atoms with Crippen molar-refractivity contribution >= 4 is 22.0 Å². The number of hydrogen-bond donors (Lipinski definition) is 2.